The Morgan fingerprint density at radius 3 is 2.39 bits per heavy atom. The molecule has 0 aliphatic heterocycles. The second-order valence-electron chi connectivity index (χ2n) is 8.28. The third-order valence-corrected chi connectivity index (χ3v) is 6.16. The number of para-hydroxylation sites is 1. The molecule has 0 saturated carbocycles. The molecule has 1 N–H and O–H groups in total. The van der Waals surface area contributed by atoms with E-state index in [1.807, 2.05) is 72.7 Å². The SMILES string of the molecule is CC(C)N(Cc1ccccc1OCCCCCC(=O)O)C(=O)c1ccc(-c2ccsc2)cc1. The van der Waals surface area contributed by atoms with Gasteiger partial charge < -0.3 is 14.7 Å². The Morgan fingerprint density at radius 2 is 1.73 bits per heavy atom. The molecule has 5 nitrogen and oxygen atoms in total. The summed E-state index contributed by atoms with van der Waals surface area (Å²) in [5.41, 5.74) is 3.89. The molecule has 0 fully saturated rings. The largest absolute Gasteiger partial charge is 0.493 e. The number of thiophene rings is 1. The number of nitrogens with zero attached hydrogens (tertiary/aromatic N) is 1. The Kier molecular flexibility index (Phi) is 9.07. The predicted octanol–water partition coefficient (Wildman–Crippen LogP) is 6.49. The fourth-order valence-corrected chi connectivity index (χ4v) is 4.25. The number of aliphatic carboxylic acids is 1. The van der Waals surface area contributed by atoms with Gasteiger partial charge in [0.15, 0.2) is 0 Å². The third kappa shape index (κ3) is 7.19. The van der Waals surface area contributed by atoms with Crippen molar-refractivity contribution in [3.05, 3.63) is 76.5 Å². The maximum Gasteiger partial charge on any atom is 0.303 e. The normalized spacial score (nSPS) is 10.9. The van der Waals surface area contributed by atoms with Crippen LogP contribution < -0.4 is 4.74 Å². The molecule has 0 spiro atoms. The monoisotopic (exact) mass is 465 g/mol. The average Bonchev–Trinajstić information content (AvgIpc) is 3.35. The quantitative estimate of drug-likeness (QED) is 0.311. The smallest absolute Gasteiger partial charge is 0.303 e. The zero-order chi connectivity index (χ0) is 23.6. The molecule has 1 amide bonds. The average molecular weight is 466 g/mol. The van der Waals surface area contributed by atoms with E-state index in [-0.39, 0.29) is 18.4 Å². The minimum atomic E-state index is -0.763. The van der Waals surface area contributed by atoms with Crippen LogP contribution in [0.5, 0.6) is 5.75 Å². The summed E-state index contributed by atoms with van der Waals surface area (Å²) < 4.78 is 5.98. The van der Waals surface area contributed by atoms with Gasteiger partial charge in [0, 0.05) is 30.1 Å². The van der Waals surface area contributed by atoms with Gasteiger partial charge in [0.2, 0.25) is 0 Å². The fraction of sp³-hybridized carbons (Fsp3) is 0.333. The molecule has 6 heteroatoms. The molecule has 0 saturated heterocycles. The molecule has 174 valence electrons. The number of hydrogen-bond acceptors (Lipinski definition) is 4. The topological polar surface area (TPSA) is 66.8 Å². The van der Waals surface area contributed by atoms with Crippen molar-refractivity contribution in [3.63, 3.8) is 0 Å². The van der Waals surface area contributed by atoms with Gasteiger partial charge >= 0.3 is 5.97 Å². The van der Waals surface area contributed by atoms with Gasteiger partial charge in [0.05, 0.1) is 6.61 Å². The lowest BCUT2D eigenvalue weighted by Crippen LogP contribution is -2.36. The molecule has 0 aliphatic carbocycles. The minimum absolute atomic E-state index is 0.00894. The van der Waals surface area contributed by atoms with Crippen LogP contribution in [-0.4, -0.2) is 34.5 Å². The minimum Gasteiger partial charge on any atom is -0.493 e. The number of carboxylic acids is 1. The number of hydrogen-bond donors (Lipinski definition) is 1. The summed E-state index contributed by atoms with van der Waals surface area (Å²) in [6.07, 6.45) is 2.45. The van der Waals surface area contributed by atoms with Crippen LogP contribution >= 0.6 is 11.3 Å². The van der Waals surface area contributed by atoms with Crippen molar-refractivity contribution in [2.24, 2.45) is 0 Å². The number of carbonyl (C=O) groups excluding carboxylic acids is 1. The Hall–Kier alpha value is -3.12. The second-order valence-corrected chi connectivity index (χ2v) is 9.06. The molecular weight excluding hydrogens is 434 g/mol. The van der Waals surface area contributed by atoms with E-state index >= 15 is 0 Å². The first-order valence-corrected chi connectivity index (χ1v) is 12.3. The number of benzene rings is 2. The van der Waals surface area contributed by atoms with Gasteiger partial charge in [-0.3, -0.25) is 9.59 Å². The van der Waals surface area contributed by atoms with Gasteiger partial charge in [-0.2, -0.15) is 11.3 Å². The van der Waals surface area contributed by atoms with Gasteiger partial charge in [0.25, 0.3) is 5.91 Å². The van der Waals surface area contributed by atoms with E-state index in [9.17, 15) is 9.59 Å². The zero-order valence-electron chi connectivity index (χ0n) is 19.2. The lowest BCUT2D eigenvalue weighted by Gasteiger charge is -2.28. The van der Waals surface area contributed by atoms with Gasteiger partial charge in [-0.1, -0.05) is 30.3 Å². The number of carbonyl (C=O) groups is 2. The van der Waals surface area contributed by atoms with Crippen molar-refractivity contribution < 1.29 is 19.4 Å². The number of ether oxygens (including phenoxy) is 1. The molecular formula is C27H31NO4S. The van der Waals surface area contributed by atoms with Gasteiger partial charge in [-0.05, 0) is 79.3 Å². The lowest BCUT2D eigenvalue weighted by molar-refractivity contribution is -0.137. The van der Waals surface area contributed by atoms with Crippen LogP contribution in [0.25, 0.3) is 11.1 Å². The van der Waals surface area contributed by atoms with E-state index in [0.717, 1.165) is 35.3 Å². The molecule has 3 aromatic rings. The van der Waals surface area contributed by atoms with E-state index in [0.29, 0.717) is 25.1 Å². The summed E-state index contributed by atoms with van der Waals surface area (Å²) in [5, 5.41) is 12.9. The molecule has 1 heterocycles. The van der Waals surface area contributed by atoms with E-state index in [2.05, 4.69) is 11.4 Å². The summed E-state index contributed by atoms with van der Waals surface area (Å²) >= 11 is 1.66. The highest BCUT2D eigenvalue weighted by Gasteiger charge is 2.20. The third-order valence-electron chi connectivity index (χ3n) is 5.48. The van der Waals surface area contributed by atoms with Crippen LogP contribution in [0.4, 0.5) is 0 Å². The molecule has 0 aliphatic rings. The highest BCUT2D eigenvalue weighted by Crippen LogP contribution is 2.25. The van der Waals surface area contributed by atoms with Crippen molar-refractivity contribution in [2.45, 2.75) is 52.1 Å². The highest BCUT2D eigenvalue weighted by molar-refractivity contribution is 7.08. The van der Waals surface area contributed by atoms with E-state index in [1.54, 1.807) is 11.3 Å². The molecule has 1 aromatic heterocycles. The predicted molar refractivity (Wildman–Crippen MR) is 133 cm³/mol. The number of rotatable bonds is 12. The second kappa shape index (κ2) is 12.2. The standard InChI is InChI=1S/C27H31NO4S/c1-20(2)28(27(31)22-13-11-21(12-14-22)24-15-17-33-19-24)18-23-8-5-6-9-25(23)32-16-7-3-4-10-26(29)30/h5-6,8-9,11-15,17,19-20H,3-4,7,10,16,18H2,1-2H3,(H,29,30). The maximum absolute atomic E-state index is 13.3. The Balaban J connectivity index is 1.64. The van der Waals surface area contributed by atoms with Crippen LogP contribution in [0, 0.1) is 0 Å². The lowest BCUT2D eigenvalue weighted by atomic mass is 10.1. The van der Waals surface area contributed by atoms with Crippen LogP contribution in [0.15, 0.2) is 65.4 Å². The maximum atomic E-state index is 13.3. The van der Waals surface area contributed by atoms with E-state index in [1.165, 1.54) is 0 Å². The molecule has 0 radical (unpaired) electrons. The summed E-state index contributed by atoms with van der Waals surface area (Å²) in [7, 11) is 0. The first-order chi connectivity index (χ1) is 16.0. The molecule has 0 unspecified atom stereocenters. The first kappa shape index (κ1) is 24.5. The number of carboxylic acid groups (broad SMARTS) is 1. The van der Waals surface area contributed by atoms with Crippen LogP contribution in [-0.2, 0) is 11.3 Å². The fourth-order valence-electron chi connectivity index (χ4n) is 3.58. The van der Waals surface area contributed by atoms with Crippen molar-refractivity contribution in [1.82, 2.24) is 4.90 Å². The summed E-state index contributed by atoms with van der Waals surface area (Å²) in [6, 6.07) is 17.7. The van der Waals surface area contributed by atoms with Gasteiger partial charge in [-0.15, -0.1) is 0 Å². The number of unbranched alkanes of at least 4 members (excludes halogenated alkanes) is 2. The van der Waals surface area contributed by atoms with Crippen molar-refractivity contribution in [1.29, 1.82) is 0 Å². The van der Waals surface area contributed by atoms with Crippen LogP contribution in [0.2, 0.25) is 0 Å². The molecule has 3 rings (SSSR count). The highest BCUT2D eigenvalue weighted by atomic mass is 32.1. The molecule has 2 aromatic carbocycles. The van der Waals surface area contributed by atoms with Crippen molar-refractivity contribution in [3.8, 4) is 16.9 Å². The number of amides is 1. The molecule has 0 atom stereocenters. The Morgan fingerprint density at radius 1 is 0.970 bits per heavy atom. The van der Waals surface area contributed by atoms with Crippen LogP contribution in [0.3, 0.4) is 0 Å². The van der Waals surface area contributed by atoms with Crippen molar-refractivity contribution >= 4 is 23.2 Å². The van der Waals surface area contributed by atoms with Gasteiger partial charge in [-0.25, -0.2) is 0 Å². The molecule has 33 heavy (non-hydrogen) atoms. The van der Waals surface area contributed by atoms with Crippen molar-refractivity contribution in [2.75, 3.05) is 6.61 Å². The van der Waals surface area contributed by atoms with E-state index < -0.39 is 5.97 Å². The Bertz CT molecular complexity index is 1030. The molecule has 0 bridgehead atoms. The van der Waals surface area contributed by atoms with Crippen LogP contribution in [0.1, 0.15) is 55.5 Å². The van der Waals surface area contributed by atoms with Gasteiger partial charge in [0.1, 0.15) is 5.75 Å². The Labute approximate surface area is 199 Å². The summed E-state index contributed by atoms with van der Waals surface area (Å²) in [4.78, 5) is 25.8. The zero-order valence-corrected chi connectivity index (χ0v) is 20.0. The summed E-state index contributed by atoms with van der Waals surface area (Å²) in [5.74, 6) is -0.00635. The summed E-state index contributed by atoms with van der Waals surface area (Å²) in [6.45, 7) is 5.02. The first-order valence-electron chi connectivity index (χ1n) is 11.3. The van der Waals surface area contributed by atoms with E-state index in [4.69, 9.17) is 9.84 Å².